The minimum Gasteiger partial charge on any atom is -0.386 e. The summed E-state index contributed by atoms with van der Waals surface area (Å²) in [5.41, 5.74) is 3.71. The molecule has 2 aliphatic heterocycles. The molecule has 1 saturated heterocycles. The first-order valence-electron chi connectivity index (χ1n) is 7.30. The number of benzene rings is 1. The number of ether oxygens (including phenoxy) is 1. The van der Waals surface area contributed by atoms with Gasteiger partial charge in [0.25, 0.3) is 5.69 Å². The Hall–Kier alpha value is -2.33. The molecule has 1 aromatic carbocycles. The second-order valence-corrected chi connectivity index (χ2v) is 7.67. The van der Waals surface area contributed by atoms with E-state index in [4.69, 9.17) is 22.1 Å². The van der Waals surface area contributed by atoms with Crippen molar-refractivity contribution < 1.29 is 9.66 Å². The van der Waals surface area contributed by atoms with Crippen LogP contribution in [0.25, 0.3) is 0 Å². The number of thioether (sulfide) groups is 1. The van der Waals surface area contributed by atoms with E-state index < -0.39 is 26.7 Å². The monoisotopic (exact) mass is 375 g/mol. The molecule has 4 rings (SSSR count). The van der Waals surface area contributed by atoms with Gasteiger partial charge < -0.3 is 10.5 Å². The zero-order valence-corrected chi connectivity index (χ0v) is 14.2. The van der Waals surface area contributed by atoms with Crippen LogP contribution in [-0.4, -0.2) is 28.2 Å². The number of nitrogens with two attached hydrogens (primary N) is 1. The molecule has 25 heavy (non-hydrogen) atoms. The number of nitriles is 2. The molecule has 0 bridgehead atoms. The lowest BCUT2D eigenvalue weighted by molar-refractivity contribution is -0.384. The Morgan fingerprint density at radius 1 is 1.48 bits per heavy atom. The highest BCUT2D eigenvalue weighted by Gasteiger charge is 2.93. The van der Waals surface area contributed by atoms with Crippen LogP contribution in [-0.2, 0) is 4.74 Å². The van der Waals surface area contributed by atoms with E-state index in [0.29, 0.717) is 17.9 Å². The predicted molar refractivity (Wildman–Crippen MR) is 89.7 cm³/mol. The van der Waals surface area contributed by atoms with Crippen molar-refractivity contribution in [2.75, 3.05) is 12.4 Å². The summed E-state index contributed by atoms with van der Waals surface area (Å²) in [6.45, 7) is 0.396. The van der Waals surface area contributed by atoms with Gasteiger partial charge in [0.1, 0.15) is 11.3 Å². The van der Waals surface area contributed by atoms with Crippen molar-refractivity contribution in [3.05, 3.63) is 38.9 Å². The van der Waals surface area contributed by atoms with Crippen LogP contribution in [0, 0.1) is 43.6 Å². The molecule has 0 amide bonds. The summed E-state index contributed by atoms with van der Waals surface area (Å²) in [4.78, 5) is 14.7. The predicted octanol–water partition coefficient (Wildman–Crippen LogP) is 2.15. The van der Waals surface area contributed by atoms with Crippen LogP contribution in [0.2, 0.25) is 5.02 Å². The van der Waals surface area contributed by atoms with Gasteiger partial charge in [-0.25, -0.2) is 4.99 Å². The van der Waals surface area contributed by atoms with Crippen LogP contribution in [0.4, 0.5) is 5.69 Å². The van der Waals surface area contributed by atoms with Gasteiger partial charge in [0.05, 0.1) is 28.7 Å². The number of halogens is 1. The van der Waals surface area contributed by atoms with Gasteiger partial charge in [0, 0.05) is 23.8 Å². The Morgan fingerprint density at radius 3 is 2.76 bits per heavy atom. The number of nitro benzene ring substituents is 1. The van der Waals surface area contributed by atoms with Crippen molar-refractivity contribution in [1.82, 2.24) is 0 Å². The van der Waals surface area contributed by atoms with Crippen LogP contribution >= 0.6 is 23.4 Å². The molecule has 1 aliphatic carbocycles. The number of rotatable bonds is 2. The highest BCUT2D eigenvalue weighted by Crippen LogP contribution is 2.84. The zero-order valence-electron chi connectivity index (χ0n) is 12.6. The van der Waals surface area contributed by atoms with Crippen LogP contribution in [0.5, 0.6) is 0 Å². The van der Waals surface area contributed by atoms with Crippen LogP contribution in [0.1, 0.15) is 11.5 Å². The van der Waals surface area contributed by atoms with Gasteiger partial charge in [-0.05, 0) is 5.56 Å². The van der Waals surface area contributed by atoms with Gasteiger partial charge in [-0.15, -0.1) is 0 Å². The molecule has 1 spiro atoms. The number of nitrogens with zero attached hydrogens (tertiary/aromatic N) is 4. The van der Waals surface area contributed by atoms with E-state index in [1.165, 1.54) is 30.0 Å². The topological polar surface area (TPSA) is 138 Å². The Balaban J connectivity index is 1.91. The summed E-state index contributed by atoms with van der Waals surface area (Å²) in [5.74, 6) is 0.0133. The van der Waals surface area contributed by atoms with Gasteiger partial charge in [0.15, 0.2) is 5.41 Å². The molecular weight excluding hydrogens is 366 g/mol. The van der Waals surface area contributed by atoms with E-state index in [9.17, 15) is 20.6 Å². The quantitative estimate of drug-likeness (QED) is 0.617. The van der Waals surface area contributed by atoms with Crippen molar-refractivity contribution in [2.24, 2.45) is 21.6 Å². The number of hydrogen-bond donors (Lipinski definition) is 1. The van der Waals surface area contributed by atoms with E-state index in [1.807, 2.05) is 0 Å². The third-order valence-corrected chi connectivity index (χ3v) is 6.73. The second-order valence-electron chi connectivity index (χ2n) is 6.01. The molecule has 0 radical (unpaired) electrons. The van der Waals surface area contributed by atoms with Crippen LogP contribution in [0.15, 0.2) is 23.2 Å². The molecule has 8 nitrogen and oxygen atoms in total. The number of nitro groups is 1. The van der Waals surface area contributed by atoms with Crippen molar-refractivity contribution in [2.45, 2.75) is 11.0 Å². The van der Waals surface area contributed by atoms with Crippen molar-refractivity contribution >= 4 is 34.9 Å². The number of fused-ring (bicyclic) bond motifs is 2. The first-order chi connectivity index (χ1) is 11.9. The molecule has 2 N–H and O–H groups in total. The van der Waals surface area contributed by atoms with Crippen molar-refractivity contribution in [3.8, 4) is 12.1 Å². The van der Waals surface area contributed by atoms with Gasteiger partial charge in [-0.2, -0.15) is 10.5 Å². The molecule has 1 aromatic rings. The van der Waals surface area contributed by atoms with E-state index in [-0.39, 0.29) is 16.5 Å². The number of amidine groups is 1. The second kappa shape index (κ2) is 4.85. The van der Waals surface area contributed by atoms with Crippen molar-refractivity contribution in [1.29, 1.82) is 10.5 Å². The summed E-state index contributed by atoms with van der Waals surface area (Å²) in [7, 11) is 0. The van der Waals surface area contributed by atoms with Crippen LogP contribution < -0.4 is 5.73 Å². The fraction of sp³-hybridized carbons (Fsp3) is 0.400. The summed E-state index contributed by atoms with van der Waals surface area (Å²) >= 11 is 7.59. The molecule has 2 fully saturated rings. The Bertz CT molecular complexity index is 932. The lowest BCUT2D eigenvalue weighted by Crippen LogP contribution is -2.34. The molecule has 2 heterocycles. The van der Waals surface area contributed by atoms with E-state index in [0.717, 1.165) is 0 Å². The third-order valence-electron chi connectivity index (χ3n) is 5.11. The first kappa shape index (κ1) is 16.2. The maximum Gasteiger partial charge on any atom is 0.270 e. The normalized spacial score (nSPS) is 37.9. The zero-order chi connectivity index (χ0) is 18.0. The SMILES string of the molecule is N#C[C@@]12[C@@H](c3ccc([N+](=O)[O-])cc3Cl)[C@]1(C#N)C(N)=N[C@@]21OCCS1. The molecule has 1 saturated carbocycles. The summed E-state index contributed by atoms with van der Waals surface area (Å²) < 4.78 is 5.77. The largest absolute Gasteiger partial charge is 0.386 e. The van der Waals surface area contributed by atoms with E-state index >= 15 is 0 Å². The Labute approximate surface area is 151 Å². The highest BCUT2D eigenvalue weighted by atomic mass is 35.5. The first-order valence-corrected chi connectivity index (χ1v) is 8.66. The van der Waals surface area contributed by atoms with Gasteiger partial charge in [0.2, 0.25) is 5.06 Å². The number of non-ortho nitro benzene ring substituents is 1. The smallest absolute Gasteiger partial charge is 0.270 e. The molecule has 3 aliphatic rings. The minimum atomic E-state index is -1.35. The van der Waals surface area contributed by atoms with Crippen LogP contribution in [0.3, 0.4) is 0 Å². The number of hydrogen-bond acceptors (Lipinski definition) is 8. The Kier molecular flexibility index (Phi) is 3.14. The average molecular weight is 376 g/mol. The lowest BCUT2D eigenvalue weighted by Gasteiger charge is -2.26. The number of aliphatic imine (C=N–C) groups is 1. The lowest BCUT2D eigenvalue weighted by atomic mass is 9.95. The third kappa shape index (κ3) is 1.59. The van der Waals surface area contributed by atoms with Gasteiger partial charge in [-0.3, -0.25) is 10.1 Å². The van der Waals surface area contributed by atoms with Gasteiger partial charge in [-0.1, -0.05) is 29.4 Å². The standard InChI is InChI=1S/C15H10ClN5O3S/c16-10-5-8(21(22)23)1-2-9(10)11-13(6-17)12(19)20-15(14(11,13)7-18)24-3-4-25-15/h1-2,5,11H,3-4H2,(H2,19,20)/t11-,13+,14+,15+/m0/s1. The molecule has 0 unspecified atom stereocenters. The minimum absolute atomic E-state index is 0.0466. The molecule has 10 heteroatoms. The van der Waals surface area contributed by atoms with Gasteiger partial charge >= 0.3 is 0 Å². The maximum absolute atomic E-state index is 10.9. The molecule has 126 valence electrons. The summed E-state index contributed by atoms with van der Waals surface area (Å²) in [6.07, 6.45) is 0. The molecular formula is C15H10ClN5O3S. The van der Waals surface area contributed by atoms with E-state index in [1.54, 1.807) is 0 Å². The Morgan fingerprint density at radius 2 is 2.24 bits per heavy atom. The molecule has 4 atom stereocenters. The van der Waals surface area contributed by atoms with E-state index in [2.05, 4.69) is 17.1 Å². The average Bonchev–Trinajstić information content (AvgIpc) is 2.82. The summed E-state index contributed by atoms with van der Waals surface area (Å²) in [5, 5.41) is 29.7. The maximum atomic E-state index is 10.9. The molecule has 0 aromatic heterocycles. The van der Waals surface area contributed by atoms with Crippen molar-refractivity contribution in [3.63, 3.8) is 0 Å². The fourth-order valence-corrected chi connectivity index (χ4v) is 5.66. The summed E-state index contributed by atoms with van der Waals surface area (Å²) in [6, 6.07) is 8.37. The highest BCUT2D eigenvalue weighted by molar-refractivity contribution is 8.00. The fourth-order valence-electron chi connectivity index (χ4n) is 4.05.